The number of anilines is 12. The summed E-state index contributed by atoms with van der Waals surface area (Å²) < 4.78 is 5.22. The number of thiophene rings is 2. The number of hydrogen-bond acceptors (Lipinski definition) is 6. The van der Waals surface area contributed by atoms with E-state index < -0.39 is 0 Å². The number of fused-ring (bicyclic) bond motifs is 16. The Hall–Kier alpha value is -14.1. The molecule has 0 saturated heterocycles. The van der Waals surface area contributed by atoms with Gasteiger partial charge in [0, 0.05) is 114 Å². The maximum absolute atomic E-state index is 2.44. The van der Waals surface area contributed by atoms with Gasteiger partial charge in [0.05, 0.1) is 11.4 Å². The van der Waals surface area contributed by atoms with E-state index in [0.717, 1.165) is 56.9 Å². The molecule has 0 aliphatic heterocycles. The molecule has 2 heterocycles. The van der Waals surface area contributed by atoms with Crippen LogP contribution in [0.15, 0.2) is 419 Å². The summed E-state index contributed by atoms with van der Waals surface area (Å²) in [5, 5.41) is 15.6. The van der Waals surface area contributed by atoms with Gasteiger partial charge in [0.2, 0.25) is 0 Å². The Morgan fingerprint density at radius 3 is 0.930 bits per heavy atom. The molecule has 115 heavy (non-hydrogen) atoms. The van der Waals surface area contributed by atoms with Crippen molar-refractivity contribution >= 4 is 174 Å². The molecule has 0 aliphatic rings. The third-order valence-electron chi connectivity index (χ3n) is 22.7. The molecule has 546 valence electrons. The van der Waals surface area contributed by atoms with Crippen LogP contribution in [0.4, 0.5) is 68.2 Å². The van der Waals surface area contributed by atoms with Gasteiger partial charge in [-0.3, -0.25) is 0 Å². The van der Waals surface area contributed by atoms with Crippen molar-refractivity contribution in [3.8, 4) is 33.4 Å². The predicted octanol–water partition coefficient (Wildman–Crippen LogP) is 32.5. The topological polar surface area (TPSA) is 13.0 Å². The van der Waals surface area contributed by atoms with Crippen LogP contribution in [0.3, 0.4) is 0 Å². The molecular formula is C109H78N4S2. The first-order valence-electron chi connectivity index (χ1n) is 39.4. The lowest BCUT2D eigenvalue weighted by Crippen LogP contribution is -2.13. The summed E-state index contributed by atoms with van der Waals surface area (Å²) in [4.78, 5) is 9.46. The van der Waals surface area contributed by atoms with Crippen LogP contribution in [0.2, 0.25) is 0 Å². The monoisotopic (exact) mass is 1510 g/mol. The van der Waals surface area contributed by atoms with E-state index in [2.05, 4.69) is 459 Å². The average molecular weight is 1510 g/mol. The van der Waals surface area contributed by atoms with Crippen LogP contribution >= 0.6 is 22.7 Å². The van der Waals surface area contributed by atoms with Gasteiger partial charge in [0.15, 0.2) is 0 Å². The summed E-state index contributed by atoms with van der Waals surface area (Å²) in [5.74, 6) is 0. The summed E-state index contributed by atoms with van der Waals surface area (Å²) >= 11 is 3.81. The minimum Gasteiger partial charge on any atom is -0.311 e. The van der Waals surface area contributed by atoms with Gasteiger partial charge in [0.25, 0.3) is 0 Å². The van der Waals surface area contributed by atoms with Gasteiger partial charge in [-0.2, -0.15) is 0 Å². The lowest BCUT2D eigenvalue weighted by molar-refractivity contribution is 1.20. The van der Waals surface area contributed by atoms with E-state index in [1.54, 1.807) is 0 Å². The molecule has 19 aromatic carbocycles. The molecule has 2 aromatic heterocycles. The van der Waals surface area contributed by atoms with Crippen molar-refractivity contribution in [1.29, 1.82) is 0 Å². The summed E-state index contributed by atoms with van der Waals surface area (Å²) in [6, 6.07) is 152. The van der Waals surface area contributed by atoms with Gasteiger partial charge in [-0.1, -0.05) is 279 Å². The molecule has 21 aromatic rings. The van der Waals surface area contributed by atoms with E-state index in [0.29, 0.717) is 0 Å². The van der Waals surface area contributed by atoms with Crippen LogP contribution in [0.1, 0.15) is 16.7 Å². The smallest absolute Gasteiger partial charge is 0.0540 e. The van der Waals surface area contributed by atoms with Crippen molar-refractivity contribution in [2.75, 3.05) is 19.6 Å². The molecule has 0 saturated carbocycles. The molecule has 0 N–H and O–H groups in total. The van der Waals surface area contributed by atoms with Crippen LogP contribution in [0.5, 0.6) is 0 Å². The van der Waals surface area contributed by atoms with Crippen molar-refractivity contribution in [3.63, 3.8) is 0 Å². The Bertz CT molecular complexity index is 7080. The first-order chi connectivity index (χ1) is 56.8. The van der Waals surface area contributed by atoms with Crippen molar-refractivity contribution in [2.24, 2.45) is 0 Å². The molecule has 0 aliphatic carbocycles. The van der Waals surface area contributed by atoms with Gasteiger partial charge in [-0.25, -0.2) is 0 Å². The van der Waals surface area contributed by atoms with Crippen molar-refractivity contribution in [3.05, 3.63) is 435 Å². The molecule has 0 bridgehead atoms. The van der Waals surface area contributed by atoms with Crippen molar-refractivity contribution < 1.29 is 0 Å². The quantitative estimate of drug-likeness (QED) is 0.0949. The fourth-order valence-electron chi connectivity index (χ4n) is 17.1. The lowest BCUT2D eigenvalue weighted by Gasteiger charge is -2.29. The van der Waals surface area contributed by atoms with Gasteiger partial charge in [-0.05, 0) is 237 Å². The first kappa shape index (κ1) is 70.0. The molecule has 0 atom stereocenters. The highest BCUT2D eigenvalue weighted by Crippen LogP contribution is 2.52. The fourth-order valence-corrected chi connectivity index (χ4v) is 19.7. The molecule has 4 nitrogen and oxygen atoms in total. The second-order valence-electron chi connectivity index (χ2n) is 29.6. The largest absolute Gasteiger partial charge is 0.311 e. The third-order valence-corrected chi connectivity index (χ3v) is 25.1. The van der Waals surface area contributed by atoms with Crippen LogP contribution in [-0.4, -0.2) is 0 Å². The minimum atomic E-state index is 1.12. The lowest BCUT2D eigenvalue weighted by atomic mass is 9.94. The molecule has 6 heteroatoms. The highest BCUT2D eigenvalue weighted by atomic mass is 32.1. The Balaban J connectivity index is 0.000000149. The Morgan fingerprint density at radius 1 is 0.191 bits per heavy atom. The van der Waals surface area contributed by atoms with Crippen molar-refractivity contribution in [1.82, 2.24) is 0 Å². The number of rotatable bonds is 15. The average Bonchev–Trinajstić information content (AvgIpc) is 1.59. The van der Waals surface area contributed by atoms with Crippen LogP contribution < -0.4 is 19.6 Å². The van der Waals surface area contributed by atoms with E-state index in [4.69, 9.17) is 0 Å². The number of aryl methyl sites for hydroxylation is 2. The zero-order valence-corrected chi connectivity index (χ0v) is 65.6. The molecule has 0 fully saturated rings. The first-order valence-corrected chi connectivity index (χ1v) is 41.0. The predicted molar refractivity (Wildman–Crippen MR) is 498 cm³/mol. The molecule has 21 rings (SSSR count). The molecular weight excluding hydrogens is 1430 g/mol. The second-order valence-corrected chi connectivity index (χ2v) is 31.7. The second kappa shape index (κ2) is 30.2. The van der Waals surface area contributed by atoms with Crippen molar-refractivity contribution in [2.45, 2.75) is 20.8 Å². The summed E-state index contributed by atoms with van der Waals surface area (Å²) in [6.45, 7) is 6.68. The number of nitrogens with zero attached hydrogens (tertiary/aromatic N) is 4. The number of para-hydroxylation sites is 7. The van der Waals surface area contributed by atoms with E-state index in [-0.39, 0.29) is 0 Å². The highest BCUT2D eigenvalue weighted by Gasteiger charge is 2.25. The molecule has 0 spiro atoms. The Kier molecular flexibility index (Phi) is 18.4. The highest BCUT2D eigenvalue weighted by molar-refractivity contribution is 7.27. The van der Waals surface area contributed by atoms with Crippen LogP contribution in [-0.2, 0) is 0 Å². The Labute approximate surface area is 678 Å². The fraction of sp³-hybridized carbons (Fsp3) is 0.0275. The van der Waals surface area contributed by atoms with Gasteiger partial charge < -0.3 is 19.6 Å². The van der Waals surface area contributed by atoms with Crippen LogP contribution in [0.25, 0.3) is 117 Å². The number of hydrogen-bond donors (Lipinski definition) is 0. The molecule has 0 unspecified atom stereocenters. The summed E-state index contributed by atoms with van der Waals surface area (Å²) in [5.41, 5.74) is 24.8. The standard InChI is InChI=1S/C56H38N2S.C53H40N2S/c1-5-17-40(18-6-1)47-25-15-16-28-53(47)58(44-23-11-4-12-24-44)46-34-36-51-54(38-46)59-56-50-35-31-41(37-52(50)48-26-13-14-27-49(48)55(51)56)39-29-32-45(33-30-39)57(42-19-7-2-8-20-42)43-21-9-3-10-22-43;1-35-23-24-36(2)52(37(35)3)55(42-19-11-6-12-20-42)44-30-32-48-50(34-44)56-53-47-31-27-39(33-49(47)45-21-13-14-22-46(45)51(48)53)38-25-28-43(29-26-38)54(40-15-7-4-8-16-40)41-17-9-5-10-18-41/h1-38H;4-34H,1-3H3. The number of benzene rings is 19. The molecule has 0 amide bonds. The van der Waals surface area contributed by atoms with E-state index in [1.807, 2.05) is 22.7 Å². The van der Waals surface area contributed by atoms with Gasteiger partial charge >= 0.3 is 0 Å². The zero-order valence-electron chi connectivity index (χ0n) is 63.9. The SMILES string of the molecule is Cc1ccc(C)c(N(c2ccccc2)c2ccc3c(c2)sc2c4ccc(-c5ccc(N(c6ccccc6)c6ccccc6)cc5)cc4c4ccccc4c32)c1C.c1ccc(-c2ccccc2N(c2ccccc2)c2ccc3c(c2)sc2c4ccc(-c5ccc(N(c6ccccc6)c6ccccc6)cc5)cc4c4ccccc4c32)cc1. The maximum atomic E-state index is 2.44. The molecule has 0 radical (unpaired) electrons. The summed E-state index contributed by atoms with van der Waals surface area (Å²) in [6.07, 6.45) is 0. The van der Waals surface area contributed by atoms with Crippen LogP contribution in [0, 0.1) is 20.8 Å². The van der Waals surface area contributed by atoms with Gasteiger partial charge in [-0.15, -0.1) is 22.7 Å². The zero-order chi connectivity index (χ0) is 76.9. The summed E-state index contributed by atoms with van der Waals surface area (Å²) in [7, 11) is 0. The third kappa shape index (κ3) is 12.9. The van der Waals surface area contributed by atoms with E-state index in [9.17, 15) is 0 Å². The van der Waals surface area contributed by atoms with E-state index in [1.165, 1.54) is 145 Å². The Morgan fingerprint density at radius 2 is 0.504 bits per heavy atom. The van der Waals surface area contributed by atoms with Gasteiger partial charge in [0.1, 0.15) is 0 Å². The van der Waals surface area contributed by atoms with E-state index >= 15 is 0 Å². The maximum Gasteiger partial charge on any atom is 0.0540 e. The minimum absolute atomic E-state index is 1.12. The normalized spacial score (nSPS) is 11.4.